The number of likely N-dealkylation sites (tertiary alicyclic amines) is 1. The summed E-state index contributed by atoms with van der Waals surface area (Å²) < 4.78 is 0. The highest BCUT2D eigenvalue weighted by Crippen LogP contribution is 2.24. The van der Waals surface area contributed by atoms with Crippen molar-refractivity contribution in [1.29, 1.82) is 0 Å². The number of carbonyl (C=O) groups is 1. The van der Waals surface area contributed by atoms with E-state index in [9.17, 15) is 4.79 Å². The second-order valence-electron chi connectivity index (χ2n) is 5.82. The maximum absolute atomic E-state index is 12.3. The molecule has 106 valence electrons. The van der Waals surface area contributed by atoms with Crippen molar-refractivity contribution in [2.75, 3.05) is 6.54 Å². The predicted octanol–water partition coefficient (Wildman–Crippen LogP) is 2.93. The number of piperidine rings is 1. The Hall–Kier alpha value is -0.570. The first kappa shape index (κ1) is 15.5. The van der Waals surface area contributed by atoms with Gasteiger partial charge < -0.3 is 10.6 Å². The molecule has 0 aromatic heterocycles. The van der Waals surface area contributed by atoms with E-state index >= 15 is 0 Å². The molecular weight excluding hydrogens is 224 g/mol. The lowest BCUT2D eigenvalue weighted by molar-refractivity contribution is -0.137. The maximum atomic E-state index is 12.3. The fraction of sp³-hybridized carbons (Fsp3) is 0.933. The van der Waals surface area contributed by atoms with Crippen LogP contribution in [-0.4, -0.2) is 29.4 Å². The maximum Gasteiger partial charge on any atom is 0.223 e. The van der Waals surface area contributed by atoms with Crippen LogP contribution in [-0.2, 0) is 4.79 Å². The van der Waals surface area contributed by atoms with Crippen molar-refractivity contribution >= 4 is 5.91 Å². The first-order valence-corrected chi connectivity index (χ1v) is 7.61. The summed E-state index contributed by atoms with van der Waals surface area (Å²) >= 11 is 0. The average molecular weight is 254 g/mol. The Morgan fingerprint density at radius 1 is 1.28 bits per heavy atom. The molecule has 0 saturated carbocycles. The number of hydrogen-bond acceptors (Lipinski definition) is 2. The van der Waals surface area contributed by atoms with Crippen LogP contribution in [0.5, 0.6) is 0 Å². The molecule has 18 heavy (non-hydrogen) atoms. The molecule has 0 aromatic carbocycles. The van der Waals surface area contributed by atoms with Crippen LogP contribution in [0.25, 0.3) is 0 Å². The normalized spacial score (nSPS) is 26.1. The minimum absolute atomic E-state index is 0.352. The molecule has 0 radical (unpaired) electrons. The Labute approximate surface area is 112 Å². The summed E-state index contributed by atoms with van der Waals surface area (Å²) in [6.45, 7) is 7.30. The molecule has 2 N–H and O–H groups in total. The van der Waals surface area contributed by atoms with E-state index in [4.69, 9.17) is 5.73 Å². The number of nitrogens with two attached hydrogens (primary N) is 1. The summed E-state index contributed by atoms with van der Waals surface area (Å²) in [6, 6.07) is 0.853. The molecule has 1 unspecified atom stereocenters. The number of nitrogens with zero attached hydrogens (tertiary/aromatic N) is 1. The lowest BCUT2D eigenvalue weighted by Gasteiger charge is -2.39. The van der Waals surface area contributed by atoms with Crippen molar-refractivity contribution in [1.82, 2.24) is 4.90 Å². The smallest absolute Gasteiger partial charge is 0.223 e. The van der Waals surface area contributed by atoms with Crippen molar-refractivity contribution in [3.63, 3.8) is 0 Å². The largest absolute Gasteiger partial charge is 0.337 e. The molecule has 0 bridgehead atoms. The molecule has 3 atom stereocenters. The van der Waals surface area contributed by atoms with Gasteiger partial charge in [0.1, 0.15) is 0 Å². The van der Waals surface area contributed by atoms with Crippen LogP contribution < -0.4 is 5.73 Å². The molecular formula is C15H30N2O. The van der Waals surface area contributed by atoms with Crippen LogP contribution in [0.2, 0.25) is 0 Å². The molecule has 1 aliphatic heterocycles. The Balaban J connectivity index is 2.43. The lowest BCUT2D eigenvalue weighted by Crippen LogP contribution is -2.47. The molecule has 3 heteroatoms. The fourth-order valence-electron chi connectivity index (χ4n) is 3.16. The van der Waals surface area contributed by atoms with Crippen LogP contribution in [0.1, 0.15) is 65.7 Å². The second kappa shape index (κ2) is 7.78. The zero-order chi connectivity index (χ0) is 13.5. The van der Waals surface area contributed by atoms with E-state index in [-0.39, 0.29) is 0 Å². The summed E-state index contributed by atoms with van der Waals surface area (Å²) in [5.41, 5.74) is 5.60. The SMILES string of the molecule is CCC(CCN)CCC(=O)N1[C@H](C)CCC[C@@H]1C. The van der Waals surface area contributed by atoms with E-state index in [0.29, 0.717) is 30.3 Å². The molecule has 0 aromatic rings. The summed E-state index contributed by atoms with van der Waals surface area (Å²) in [5.74, 6) is 0.972. The van der Waals surface area contributed by atoms with E-state index < -0.39 is 0 Å². The quantitative estimate of drug-likeness (QED) is 0.792. The minimum atomic E-state index is 0.352. The zero-order valence-electron chi connectivity index (χ0n) is 12.3. The monoisotopic (exact) mass is 254 g/mol. The molecule has 1 fully saturated rings. The summed E-state index contributed by atoms with van der Waals surface area (Å²) in [6.07, 6.45) is 7.48. The third kappa shape index (κ3) is 4.27. The van der Waals surface area contributed by atoms with Crippen LogP contribution in [0, 0.1) is 5.92 Å². The summed E-state index contributed by atoms with van der Waals surface area (Å²) in [5, 5.41) is 0. The topological polar surface area (TPSA) is 46.3 Å². The van der Waals surface area contributed by atoms with E-state index in [0.717, 1.165) is 38.6 Å². The molecule has 1 amide bonds. The Kier molecular flexibility index (Phi) is 6.69. The van der Waals surface area contributed by atoms with E-state index in [1.165, 1.54) is 6.42 Å². The minimum Gasteiger partial charge on any atom is -0.337 e. The summed E-state index contributed by atoms with van der Waals surface area (Å²) in [7, 11) is 0. The van der Waals surface area contributed by atoms with Crippen molar-refractivity contribution in [2.24, 2.45) is 11.7 Å². The van der Waals surface area contributed by atoms with Crippen molar-refractivity contribution in [2.45, 2.75) is 77.8 Å². The standard InChI is InChI=1S/C15H30N2O/c1-4-14(10-11-16)8-9-15(18)17-12(2)6-5-7-13(17)3/h12-14H,4-11,16H2,1-3H3/t12-,13+,14?. The highest BCUT2D eigenvalue weighted by molar-refractivity contribution is 5.77. The van der Waals surface area contributed by atoms with Gasteiger partial charge in [0.05, 0.1) is 0 Å². The van der Waals surface area contributed by atoms with Gasteiger partial charge in [0, 0.05) is 18.5 Å². The summed E-state index contributed by atoms with van der Waals surface area (Å²) in [4.78, 5) is 14.5. The number of carbonyl (C=O) groups excluding carboxylic acids is 1. The zero-order valence-corrected chi connectivity index (χ0v) is 12.3. The Morgan fingerprint density at radius 2 is 1.89 bits per heavy atom. The number of amides is 1. The first-order chi connectivity index (χ1) is 8.60. The van der Waals surface area contributed by atoms with Gasteiger partial charge in [0.15, 0.2) is 0 Å². The van der Waals surface area contributed by atoms with Crippen LogP contribution in [0.4, 0.5) is 0 Å². The Morgan fingerprint density at radius 3 is 2.39 bits per heavy atom. The van der Waals surface area contributed by atoms with Gasteiger partial charge in [-0.15, -0.1) is 0 Å². The van der Waals surface area contributed by atoms with Crippen molar-refractivity contribution in [3.05, 3.63) is 0 Å². The first-order valence-electron chi connectivity index (χ1n) is 7.61. The second-order valence-corrected chi connectivity index (χ2v) is 5.82. The van der Waals surface area contributed by atoms with E-state index in [1.54, 1.807) is 0 Å². The van der Waals surface area contributed by atoms with Crippen LogP contribution >= 0.6 is 0 Å². The van der Waals surface area contributed by atoms with Gasteiger partial charge in [-0.25, -0.2) is 0 Å². The fourth-order valence-corrected chi connectivity index (χ4v) is 3.16. The third-order valence-electron chi connectivity index (χ3n) is 4.40. The van der Waals surface area contributed by atoms with Gasteiger partial charge >= 0.3 is 0 Å². The van der Waals surface area contributed by atoms with Crippen molar-refractivity contribution < 1.29 is 4.79 Å². The average Bonchev–Trinajstić information content (AvgIpc) is 2.34. The third-order valence-corrected chi connectivity index (χ3v) is 4.40. The van der Waals surface area contributed by atoms with Crippen LogP contribution in [0.15, 0.2) is 0 Å². The van der Waals surface area contributed by atoms with Crippen LogP contribution in [0.3, 0.4) is 0 Å². The lowest BCUT2D eigenvalue weighted by atomic mass is 9.94. The molecule has 0 spiro atoms. The number of hydrogen-bond donors (Lipinski definition) is 1. The number of rotatable bonds is 6. The highest BCUT2D eigenvalue weighted by atomic mass is 16.2. The van der Waals surface area contributed by atoms with Gasteiger partial charge in [-0.05, 0) is 58.4 Å². The van der Waals surface area contributed by atoms with Gasteiger partial charge in [-0.2, -0.15) is 0 Å². The molecule has 1 aliphatic rings. The molecule has 1 heterocycles. The van der Waals surface area contributed by atoms with Gasteiger partial charge in [0.25, 0.3) is 0 Å². The molecule has 0 aliphatic carbocycles. The van der Waals surface area contributed by atoms with E-state index in [1.807, 2.05) is 0 Å². The molecule has 1 rings (SSSR count). The Bertz CT molecular complexity index is 245. The van der Waals surface area contributed by atoms with E-state index in [2.05, 4.69) is 25.7 Å². The van der Waals surface area contributed by atoms with Crippen molar-refractivity contribution in [3.8, 4) is 0 Å². The predicted molar refractivity (Wildman–Crippen MR) is 76.3 cm³/mol. The van der Waals surface area contributed by atoms with Gasteiger partial charge in [-0.3, -0.25) is 4.79 Å². The van der Waals surface area contributed by atoms with Gasteiger partial charge in [0.2, 0.25) is 5.91 Å². The molecule has 1 saturated heterocycles. The highest BCUT2D eigenvalue weighted by Gasteiger charge is 2.28. The molecule has 3 nitrogen and oxygen atoms in total. The van der Waals surface area contributed by atoms with Gasteiger partial charge in [-0.1, -0.05) is 13.3 Å².